The van der Waals surface area contributed by atoms with Gasteiger partial charge in [0.25, 0.3) is 0 Å². The molecule has 0 unspecified atom stereocenters. The van der Waals surface area contributed by atoms with Crippen molar-refractivity contribution in [2.45, 2.75) is 19.6 Å². The molecule has 4 nitrogen and oxygen atoms in total. The largest absolute Gasteiger partial charge is 0.489 e. The van der Waals surface area contributed by atoms with Crippen LogP contribution in [-0.4, -0.2) is 31.3 Å². The lowest BCUT2D eigenvalue weighted by molar-refractivity contribution is 0.292. The Morgan fingerprint density at radius 2 is 1.64 bits per heavy atom. The molecule has 6 heteroatoms. The van der Waals surface area contributed by atoms with Crippen LogP contribution < -0.4 is 15.4 Å². The van der Waals surface area contributed by atoms with Crippen molar-refractivity contribution in [3.63, 3.8) is 0 Å². The summed E-state index contributed by atoms with van der Waals surface area (Å²) in [6.45, 7) is 3.76. The van der Waals surface area contributed by atoms with Crippen molar-refractivity contribution in [3.05, 3.63) is 63.6 Å². The Bertz CT molecular complexity index is 633. The molecule has 0 saturated heterocycles. The molecule has 0 spiro atoms. The number of benzene rings is 2. The van der Waals surface area contributed by atoms with E-state index in [9.17, 15) is 0 Å². The summed E-state index contributed by atoms with van der Waals surface area (Å²) in [6, 6.07) is 13.4. The minimum absolute atomic E-state index is 0.180. The third-order valence-corrected chi connectivity index (χ3v) is 4.38. The molecule has 0 radical (unpaired) electrons. The number of hydrogen-bond acceptors (Lipinski definition) is 4. The van der Waals surface area contributed by atoms with E-state index in [2.05, 4.69) is 16.7 Å². The second-order valence-corrected chi connectivity index (χ2v) is 6.45. The van der Waals surface area contributed by atoms with Gasteiger partial charge in [-0.05, 0) is 49.3 Å². The molecule has 2 aromatic rings. The number of hydrogen-bond donors (Lipinski definition) is 3. The van der Waals surface area contributed by atoms with Crippen molar-refractivity contribution in [2.24, 2.45) is 0 Å². The molecule has 0 atom stereocenters. The molecule has 0 amide bonds. The molecule has 0 aliphatic rings. The van der Waals surface area contributed by atoms with Crippen LogP contribution in [-0.2, 0) is 13.2 Å². The second kappa shape index (κ2) is 11.3. The van der Waals surface area contributed by atoms with E-state index in [-0.39, 0.29) is 6.61 Å². The molecule has 0 fully saturated rings. The Morgan fingerprint density at radius 1 is 0.920 bits per heavy atom. The maximum Gasteiger partial charge on any atom is 0.120 e. The quantitative estimate of drug-likeness (QED) is 0.519. The lowest BCUT2D eigenvalue weighted by Crippen LogP contribution is -2.23. The van der Waals surface area contributed by atoms with Crippen LogP contribution in [0.4, 0.5) is 0 Å². The van der Waals surface area contributed by atoms with Crippen LogP contribution in [0.1, 0.15) is 17.5 Å². The van der Waals surface area contributed by atoms with Crippen LogP contribution in [0.3, 0.4) is 0 Å². The molecule has 0 aliphatic heterocycles. The molecular weight excluding hydrogens is 359 g/mol. The van der Waals surface area contributed by atoms with E-state index in [0.717, 1.165) is 42.9 Å². The first-order chi connectivity index (χ1) is 12.2. The van der Waals surface area contributed by atoms with Crippen LogP contribution in [0.5, 0.6) is 5.75 Å². The Kier molecular flexibility index (Phi) is 9.08. The molecule has 0 aromatic heterocycles. The van der Waals surface area contributed by atoms with E-state index in [1.54, 1.807) is 0 Å². The van der Waals surface area contributed by atoms with Gasteiger partial charge in [0, 0.05) is 28.7 Å². The van der Waals surface area contributed by atoms with E-state index in [1.165, 1.54) is 0 Å². The van der Waals surface area contributed by atoms with E-state index >= 15 is 0 Å². The molecule has 0 bridgehead atoms. The fourth-order valence-electron chi connectivity index (χ4n) is 2.35. The highest BCUT2D eigenvalue weighted by atomic mass is 35.5. The number of rotatable bonds is 11. The van der Waals surface area contributed by atoms with Gasteiger partial charge in [-0.1, -0.05) is 41.4 Å². The SMILES string of the molecule is OCCNCCCNCc1cccc(OCc2c(Cl)cccc2Cl)c1. The molecule has 0 saturated carbocycles. The third-order valence-electron chi connectivity index (χ3n) is 3.67. The highest BCUT2D eigenvalue weighted by Crippen LogP contribution is 2.26. The number of ether oxygens (including phenoxy) is 1. The maximum absolute atomic E-state index is 8.69. The van der Waals surface area contributed by atoms with E-state index < -0.39 is 0 Å². The number of aliphatic hydroxyl groups is 1. The molecule has 25 heavy (non-hydrogen) atoms. The Morgan fingerprint density at radius 3 is 2.40 bits per heavy atom. The van der Waals surface area contributed by atoms with Crippen LogP contribution >= 0.6 is 23.2 Å². The second-order valence-electron chi connectivity index (χ2n) is 5.64. The Hall–Kier alpha value is -1.30. The van der Waals surface area contributed by atoms with Crippen molar-refractivity contribution in [1.29, 1.82) is 0 Å². The monoisotopic (exact) mass is 382 g/mol. The minimum atomic E-state index is 0.180. The summed E-state index contributed by atoms with van der Waals surface area (Å²) in [5.74, 6) is 0.792. The van der Waals surface area contributed by atoms with Crippen molar-refractivity contribution in [3.8, 4) is 5.75 Å². The first-order valence-corrected chi connectivity index (χ1v) is 9.13. The molecular formula is C19H24Cl2N2O2. The Labute approximate surface area is 159 Å². The minimum Gasteiger partial charge on any atom is -0.489 e. The average Bonchev–Trinajstić information content (AvgIpc) is 2.61. The van der Waals surface area contributed by atoms with Crippen molar-refractivity contribution >= 4 is 23.2 Å². The summed E-state index contributed by atoms with van der Waals surface area (Å²) in [5, 5.41) is 16.5. The smallest absolute Gasteiger partial charge is 0.120 e. The number of aliphatic hydroxyl groups excluding tert-OH is 1. The summed E-state index contributed by atoms with van der Waals surface area (Å²) >= 11 is 12.3. The zero-order chi connectivity index (χ0) is 17.9. The molecule has 0 heterocycles. The number of nitrogens with one attached hydrogen (secondary N) is 2. The lowest BCUT2D eigenvalue weighted by atomic mass is 10.2. The van der Waals surface area contributed by atoms with Crippen molar-refractivity contribution in [1.82, 2.24) is 10.6 Å². The fraction of sp³-hybridized carbons (Fsp3) is 0.368. The van der Waals surface area contributed by atoms with Gasteiger partial charge in [-0.2, -0.15) is 0 Å². The lowest BCUT2D eigenvalue weighted by Gasteiger charge is -2.11. The van der Waals surface area contributed by atoms with Crippen LogP contribution in [0.2, 0.25) is 10.0 Å². The molecule has 3 N–H and O–H groups in total. The van der Waals surface area contributed by atoms with Gasteiger partial charge in [0.2, 0.25) is 0 Å². The summed E-state index contributed by atoms with van der Waals surface area (Å²) in [4.78, 5) is 0. The summed E-state index contributed by atoms with van der Waals surface area (Å²) in [5.41, 5.74) is 1.95. The van der Waals surface area contributed by atoms with Crippen LogP contribution in [0, 0.1) is 0 Å². The number of halogens is 2. The zero-order valence-corrected chi connectivity index (χ0v) is 15.6. The zero-order valence-electron chi connectivity index (χ0n) is 14.1. The predicted octanol–water partition coefficient (Wildman–Crippen LogP) is 3.63. The highest BCUT2D eigenvalue weighted by Gasteiger charge is 2.06. The summed E-state index contributed by atoms with van der Waals surface area (Å²) in [7, 11) is 0. The van der Waals surface area contributed by atoms with Crippen molar-refractivity contribution < 1.29 is 9.84 Å². The van der Waals surface area contributed by atoms with Gasteiger partial charge in [-0.3, -0.25) is 0 Å². The van der Waals surface area contributed by atoms with Gasteiger partial charge >= 0.3 is 0 Å². The highest BCUT2D eigenvalue weighted by molar-refractivity contribution is 6.35. The van der Waals surface area contributed by atoms with Crippen LogP contribution in [0.25, 0.3) is 0 Å². The molecule has 0 aliphatic carbocycles. The van der Waals surface area contributed by atoms with E-state index in [1.807, 2.05) is 36.4 Å². The van der Waals surface area contributed by atoms with Gasteiger partial charge in [0.1, 0.15) is 12.4 Å². The van der Waals surface area contributed by atoms with Gasteiger partial charge < -0.3 is 20.5 Å². The average molecular weight is 383 g/mol. The summed E-state index contributed by atoms with van der Waals surface area (Å²) in [6.07, 6.45) is 1.02. The third kappa shape index (κ3) is 7.22. The fourth-order valence-corrected chi connectivity index (χ4v) is 2.85. The predicted molar refractivity (Wildman–Crippen MR) is 104 cm³/mol. The van der Waals surface area contributed by atoms with Gasteiger partial charge in [0.05, 0.1) is 6.61 Å². The topological polar surface area (TPSA) is 53.5 Å². The van der Waals surface area contributed by atoms with Gasteiger partial charge in [-0.25, -0.2) is 0 Å². The molecule has 2 aromatic carbocycles. The van der Waals surface area contributed by atoms with E-state index in [0.29, 0.717) is 23.2 Å². The first kappa shape index (κ1) is 20.0. The van der Waals surface area contributed by atoms with Crippen LogP contribution in [0.15, 0.2) is 42.5 Å². The van der Waals surface area contributed by atoms with Gasteiger partial charge in [0.15, 0.2) is 0 Å². The van der Waals surface area contributed by atoms with E-state index in [4.69, 9.17) is 33.0 Å². The maximum atomic E-state index is 8.69. The first-order valence-electron chi connectivity index (χ1n) is 8.37. The summed E-state index contributed by atoms with van der Waals surface area (Å²) < 4.78 is 5.84. The van der Waals surface area contributed by atoms with Crippen molar-refractivity contribution in [2.75, 3.05) is 26.2 Å². The standard InChI is InChI=1S/C19H24Cl2N2O2/c20-18-6-2-7-19(21)17(18)14-25-16-5-1-4-15(12-16)13-23-9-3-8-22-10-11-24/h1-2,4-7,12,22-24H,3,8-11,13-14H2. The molecule has 2 rings (SSSR count). The molecule has 136 valence electrons. The van der Waals surface area contributed by atoms with Gasteiger partial charge in [-0.15, -0.1) is 0 Å². The normalized spacial score (nSPS) is 10.8. The Balaban J connectivity index is 1.77.